The molecular weight excluding hydrogens is 317 g/mol. The maximum absolute atomic E-state index is 12.6. The number of amides is 1. The molecule has 2 atom stereocenters. The van der Waals surface area contributed by atoms with Crippen LogP contribution in [0.15, 0.2) is 18.2 Å². The van der Waals surface area contributed by atoms with Crippen LogP contribution in [0.3, 0.4) is 0 Å². The zero-order valence-electron chi connectivity index (χ0n) is 12.8. The third kappa shape index (κ3) is 5.51. The molecule has 1 aromatic rings. The van der Waals surface area contributed by atoms with Gasteiger partial charge in [0.15, 0.2) is 0 Å². The van der Waals surface area contributed by atoms with Crippen molar-refractivity contribution in [2.45, 2.75) is 38.6 Å². The number of halogens is 3. The van der Waals surface area contributed by atoms with Crippen molar-refractivity contribution in [3.8, 4) is 0 Å². The number of benzene rings is 1. The topological polar surface area (TPSA) is 81.5 Å². The van der Waals surface area contributed by atoms with Gasteiger partial charge in [-0.2, -0.15) is 13.2 Å². The van der Waals surface area contributed by atoms with E-state index >= 15 is 0 Å². The van der Waals surface area contributed by atoms with Gasteiger partial charge in [0.05, 0.1) is 23.5 Å². The predicted molar refractivity (Wildman–Crippen MR) is 76.2 cm³/mol. The normalized spacial score (nSPS) is 14.2. The predicted octanol–water partition coefficient (Wildman–Crippen LogP) is 2.99. The minimum atomic E-state index is -4.48. The van der Waals surface area contributed by atoms with Gasteiger partial charge in [0.1, 0.15) is 0 Å². The van der Waals surface area contributed by atoms with Crippen molar-refractivity contribution in [2.75, 3.05) is 7.11 Å². The number of alkyl halides is 3. The zero-order chi connectivity index (χ0) is 17.8. The second-order valence-electron chi connectivity index (χ2n) is 5.10. The number of carbonyl (C=O) groups excluding carboxylic acids is 1. The summed E-state index contributed by atoms with van der Waals surface area (Å²) in [6.45, 7) is 2.90. The molecule has 1 rings (SSSR count). The molecule has 9 heteroatoms. The Labute approximate surface area is 130 Å². The highest BCUT2D eigenvalue weighted by Crippen LogP contribution is 2.24. The fourth-order valence-corrected chi connectivity index (χ4v) is 1.95. The Morgan fingerprint density at radius 2 is 2.04 bits per heavy atom. The Hall–Kier alpha value is -2.16. The monoisotopic (exact) mass is 334 g/mol. The summed E-state index contributed by atoms with van der Waals surface area (Å²) in [7, 11) is 1.23. The average molecular weight is 334 g/mol. The molecule has 0 saturated heterocycles. The van der Waals surface area contributed by atoms with Crippen LogP contribution in [0.25, 0.3) is 0 Å². The Morgan fingerprint density at radius 1 is 1.43 bits per heavy atom. The summed E-state index contributed by atoms with van der Waals surface area (Å²) in [4.78, 5) is 22.3. The van der Waals surface area contributed by atoms with Gasteiger partial charge in [-0.25, -0.2) is 0 Å². The molecule has 1 amide bonds. The average Bonchev–Trinajstić information content (AvgIpc) is 2.44. The molecule has 0 heterocycles. The number of nitrogens with one attached hydrogen (secondary N) is 1. The molecule has 0 spiro atoms. The Morgan fingerprint density at radius 3 is 2.52 bits per heavy atom. The number of hydrogen-bond donors (Lipinski definition) is 1. The van der Waals surface area contributed by atoms with Crippen LogP contribution >= 0.6 is 0 Å². The molecule has 6 nitrogen and oxygen atoms in total. The lowest BCUT2D eigenvalue weighted by Crippen LogP contribution is -2.45. The molecular formula is C14H17F3N2O4. The molecule has 1 aromatic carbocycles. The smallest absolute Gasteiger partial charge is 0.380 e. The highest BCUT2D eigenvalue weighted by atomic mass is 19.4. The molecule has 0 fully saturated rings. The van der Waals surface area contributed by atoms with Crippen molar-refractivity contribution in [1.29, 1.82) is 0 Å². The first-order valence-corrected chi connectivity index (χ1v) is 6.70. The Balaban J connectivity index is 2.99. The van der Waals surface area contributed by atoms with Gasteiger partial charge < -0.3 is 10.1 Å². The minimum absolute atomic E-state index is 0.0854. The standard InChI is InChI=1S/C14H17F3N2O4/c1-8-4-5-10(6-12(8)19(21)22)13(20)18-11(9(2)23-3)7-14(15,16)17/h4-6,9,11H,7H2,1-3H3,(H,18,20)/t9?,11-/m0/s1. The lowest BCUT2D eigenvalue weighted by molar-refractivity contribution is -0.385. The van der Waals surface area contributed by atoms with E-state index in [0.29, 0.717) is 5.56 Å². The van der Waals surface area contributed by atoms with E-state index in [1.54, 1.807) is 0 Å². The molecule has 0 aliphatic carbocycles. The zero-order valence-corrected chi connectivity index (χ0v) is 12.8. The van der Waals surface area contributed by atoms with Gasteiger partial charge in [-0.3, -0.25) is 14.9 Å². The lowest BCUT2D eigenvalue weighted by Gasteiger charge is -2.25. The number of carbonyl (C=O) groups is 1. The van der Waals surface area contributed by atoms with Crippen molar-refractivity contribution in [3.05, 3.63) is 39.4 Å². The molecule has 128 valence electrons. The summed E-state index contributed by atoms with van der Waals surface area (Å²) in [6, 6.07) is 2.42. The van der Waals surface area contributed by atoms with Crippen molar-refractivity contribution >= 4 is 11.6 Å². The molecule has 0 aliphatic heterocycles. The summed E-state index contributed by atoms with van der Waals surface area (Å²) in [5.74, 6) is -0.828. The minimum Gasteiger partial charge on any atom is -0.380 e. The number of ether oxygens (including phenoxy) is 1. The van der Waals surface area contributed by atoms with E-state index in [4.69, 9.17) is 4.74 Å². The number of hydrogen-bond acceptors (Lipinski definition) is 4. The molecule has 0 saturated carbocycles. The van der Waals surface area contributed by atoms with Crippen molar-refractivity contribution in [2.24, 2.45) is 0 Å². The fourth-order valence-electron chi connectivity index (χ4n) is 1.95. The maximum atomic E-state index is 12.6. The second kappa shape index (κ2) is 7.40. The van der Waals surface area contributed by atoms with Crippen molar-refractivity contribution < 1.29 is 27.6 Å². The quantitative estimate of drug-likeness (QED) is 0.640. The summed E-state index contributed by atoms with van der Waals surface area (Å²) in [6.07, 6.45) is -6.62. The van der Waals surface area contributed by atoms with Crippen LogP contribution in [0.1, 0.15) is 29.3 Å². The SMILES string of the molecule is COC(C)[C@H](CC(F)(F)F)NC(=O)c1ccc(C)c([N+](=O)[O-])c1. The van der Waals surface area contributed by atoms with Crippen LogP contribution in [0.2, 0.25) is 0 Å². The summed E-state index contributed by atoms with van der Waals surface area (Å²) < 4.78 is 42.6. The van der Waals surface area contributed by atoms with Crippen LogP contribution < -0.4 is 5.32 Å². The molecule has 0 bridgehead atoms. The van der Waals surface area contributed by atoms with Gasteiger partial charge in [-0.05, 0) is 19.9 Å². The van der Waals surface area contributed by atoms with Gasteiger partial charge in [-0.15, -0.1) is 0 Å². The van der Waals surface area contributed by atoms with E-state index in [2.05, 4.69) is 5.32 Å². The Bertz CT molecular complexity index is 590. The number of nitro groups is 1. The highest BCUT2D eigenvalue weighted by Gasteiger charge is 2.35. The van der Waals surface area contributed by atoms with Gasteiger partial charge in [0.2, 0.25) is 0 Å². The van der Waals surface area contributed by atoms with Crippen LogP contribution in [0.4, 0.5) is 18.9 Å². The van der Waals surface area contributed by atoms with Gasteiger partial charge >= 0.3 is 6.18 Å². The van der Waals surface area contributed by atoms with E-state index in [9.17, 15) is 28.1 Å². The van der Waals surface area contributed by atoms with Gasteiger partial charge in [0.25, 0.3) is 11.6 Å². The number of nitro benzene ring substituents is 1. The summed E-state index contributed by atoms with van der Waals surface area (Å²) in [5, 5.41) is 13.1. The molecule has 0 aliphatic rings. The van der Waals surface area contributed by atoms with Crippen LogP contribution in [-0.2, 0) is 4.74 Å². The molecule has 0 radical (unpaired) electrons. The number of aryl methyl sites for hydroxylation is 1. The van der Waals surface area contributed by atoms with Crippen LogP contribution in [0.5, 0.6) is 0 Å². The molecule has 1 N–H and O–H groups in total. The number of rotatable bonds is 6. The first-order chi connectivity index (χ1) is 10.5. The lowest BCUT2D eigenvalue weighted by atomic mass is 10.1. The van der Waals surface area contributed by atoms with E-state index in [1.807, 2.05) is 0 Å². The van der Waals surface area contributed by atoms with E-state index in [1.165, 1.54) is 33.1 Å². The fraction of sp³-hybridized carbons (Fsp3) is 0.500. The third-order valence-corrected chi connectivity index (χ3v) is 3.37. The Kier molecular flexibility index (Phi) is 6.08. The maximum Gasteiger partial charge on any atom is 0.391 e. The highest BCUT2D eigenvalue weighted by molar-refractivity contribution is 5.95. The number of nitrogens with zero attached hydrogens (tertiary/aromatic N) is 1. The van der Waals surface area contributed by atoms with Gasteiger partial charge in [-0.1, -0.05) is 6.07 Å². The largest absolute Gasteiger partial charge is 0.391 e. The van der Waals surface area contributed by atoms with E-state index < -0.39 is 35.6 Å². The third-order valence-electron chi connectivity index (χ3n) is 3.37. The van der Waals surface area contributed by atoms with Crippen molar-refractivity contribution in [1.82, 2.24) is 5.32 Å². The summed E-state index contributed by atoms with van der Waals surface area (Å²) >= 11 is 0. The number of methoxy groups -OCH3 is 1. The van der Waals surface area contributed by atoms with E-state index in [0.717, 1.165) is 6.07 Å². The van der Waals surface area contributed by atoms with Crippen LogP contribution in [-0.4, -0.2) is 36.3 Å². The molecule has 0 aromatic heterocycles. The van der Waals surface area contributed by atoms with Gasteiger partial charge in [0, 0.05) is 24.3 Å². The molecule has 1 unspecified atom stereocenters. The second-order valence-corrected chi connectivity index (χ2v) is 5.10. The first-order valence-electron chi connectivity index (χ1n) is 6.70. The van der Waals surface area contributed by atoms with Crippen molar-refractivity contribution in [3.63, 3.8) is 0 Å². The molecule has 23 heavy (non-hydrogen) atoms. The first kappa shape index (κ1) is 18.9. The van der Waals surface area contributed by atoms with Crippen LogP contribution in [0, 0.1) is 17.0 Å². The van der Waals surface area contributed by atoms with E-state index in [-0.39, 0.29) is 11.3 Å². The summed E-state index contributed by atoms with van der Waals surface area (Å²) in [5.41, 5.74) is -0.00811.